The van der Waals surface area contributed by atoms with Gasteiger partial charge < -0.3 is 10.6 Å². The first-order chi connectivity index (χ1) is 9.49. The van der Waals surface area contributed by atoms with Crippen molar-refractivity contribution in [1.29, 1.82) is 0 Å². The van der Waals surface area contributed by atoms with Gasteiger partial charge in [-0.15, -0.1) is 0 Å². The molecule has 1 aliphatic heterocycles. The number of aromatic nitrogens is 2. The zero-order valence-electron chi connectivity index (χ0n) is 12.6. The zero-order chi connectivity index (χ0) is 14.8. The number of carbonyl (C=O) groups is 1. The van der Waals surface area contributed by atoms with E-state index >= 15 is 0 Å². The third-order valence-corrected chi connectivity index (χ3v) is 4.31. The smallest absolute Gasteiger partial charge is 0.255 e. The summed E-state index contributed by atoms with van der Waals surface area (Å²) >= 11 is 0. The van der Waals surface area contributed by atoms with Gasteiger partial charge in [-0.25, -0.2) is 0 Å². The van der Waals surface area contributed by atoms with Gasteiger partial charge in [-0.3, -0.25) is 4.79 Å². The number of likely N-dealkylation sites (tertiary alicyclic amines) is 1. The first-order valence-electron chi connectivity index (χ1n) is 7.31. The summed E-state index contributed by atoms with van der Waals surface area (Å²) in [5.74, 6) is 0.0823. The molecule has 0 aromatic carbocycles. The molecule has 2 N–H and O–H groups in total. The van der Waals surface area contributed by atoms with Crippen LogP contribution >= 0.6 is 0 Å². The van der Waals surface area contributed by atoms with Crippen LogP contribution in [0.2, 0.25) is 0 Å². The van der Waals surface area contributed by atoms with Gasteiger partial charge in [0.05, 0.1) is 17.0 Å². The largest absolute Gasteiger partial charge is 0.339 e. The Bertz CT molecular complexity index is 493. The number of nitrogens with zero attached hydrogens (tertiary/aromatic N) is 3. The number of hydrogen-bond acceptors (Lipinski definition) is 4. The van der Waals surface area contributed by atoms with Crippen LogP contribution in [0.5, 0.6) is 0 Å². The molecule has 1 fully saturated rings. The van der Waals surface area contributed by atoms with Crippen LogP contribution in [-0.4, -0.2) is 40.6 Å². The van der Waals surface area contributed by atoms with Gasteiger partial charge >= 0.3 is 0 Å². The lowest BCUT2D eigenvalue weighted by Gasteiger charge is -2.38. The van der Waals surface area contributed by atoms with E-state index in [9.17, 15) is 4.79 Å². The molecular formula is C15H24N4O. The lowest BCUT2D eigenvalue weighted by molar-refractivity contribution is 0.0615. The van der Waals surface area contributed by atoms with Crippen LogP contribution in [-0.2, 0) is 6.42 Å². The number of amides is 1. The maximum absolute atomic E-state index is 12.7. The van der Waals surface area contributed by atoms with Crippen molar-refractivity contribution in [1.82, 2.24) is 15.1 Å². The molecule has 20 heavy (non-hydrogen) atoms. The Morgan fingerprint density at radius 1 is 1.40 bits per heavy atom. The fourth-order valence-electron chi connectivity index (χ4n) is 2.58. The van der Waals surface area contributed by atoms with Crippen LogP contribution < -0.4 is 5.73 Å². The van der Waals surface area contributed by atoms with Crippen LogP contribution in [0.1, 0.15) is 48.4 Å². The SMILES string of the molecule is CCc1nnc(C)cc1C(=O)N1CCC(C)(CN)CC1. The summed E-state index contributed by atoms with van der Waals surface area (Å²) in [6.07, 6.45) is 2.66. The van der Waals surface area contributed by atoms with Crippen molar-refractivity contribution in [3.05, 3.63) is 23.0 Å². The Labute approximate surface area is 120 Å². The Kier molecular flexibility index (Phi) is 4.38. The molecule has 0 saturated carbocycles. The molecule has 0 unspecified atom stereocenters. The second-order valence-electron chi connectivity index (χ2n) is 6.01. The van der Waals surface area contributed by atoms with Crippen molar-refractivity contribution < 1.29 is 4.79 Å². The van der Waals surface area contributed by atoms with E-state index in [-0.39, 0.29) is 11.3 Å². The molecule has 1 aromatic rings. The fourth-order valence-corrected chi connectivity index (χ4v) is 2.58. The standard InChI is InChI=1S/C15H24N4O/c1-4-13-12(9-11(2)17-18-13)14(20)19-7-5-15(3,10-16)6-8-19/h9H,4-8,10,16H2,1-3H3. The molecule has 0 spiro atoms. The van der Waals surface area contributed by atoms with E-state index in [0.29, 0.717) is 12.1 Å². The second kappa shape index (κ2) is 5.87. The highest BCUT2D eigenvalue weighted by Crippen LogP contribution is 2.30. The van der Waals surface area contributed by atoms with Crippen LogP contribution in [0.3, 0.4) is 0 Å². The summed E-state index contributed by atoms with van der Waals surface area (Å²) in [5, 5.41) is 8.18. The Balaban J connectivity index is 2.15. The average molecular weight is 276 g/mol. The number of nitrogens with two attached hydrogens (primary N) is 1. The van der Waals surface area contributed by atoms with E-state index in [1.165, 1.54) is 0 Å². The van der Waals surface area contributed by atoms with Crippen molar-refractivity contribution in [2.24, 2.45) is 11.1 Å². The van der Waals surface area contributed by atoms with E-state index in [2.05, 4.69) is 17.1 Å². The molecule has 2 rings (SSSR count). The van der Waals surface area contributed by atoms with Gasteiger partial charge in [0.15, 0.2) is 0 Å². The molecule has 0 aliphatic carbocycles. The molecule has 0 radical (unpaired) electrons. The van der Waals surface area contributed by atoms with Crippen molar-refractivity contribution >= 4 is 5.91 Å². The number of carbonyl (C=O) groups excluding carboxylic acids is 1. The maximum atomic E-state index is 12.7. The summed E-state index contributed by atoms with van der Waals surface area (Å²) in [6.45, 7) is 8.30. The lowest BCUT2D eigenvalue weighted by atomic mass is 9.80. The highest BCUT2D eigenvalue weighted by molar-refractivity contribution is 5.95. The van der Waals surface area contributed by atoms with Gasteiger partial charge in [0.1, 0.15) is 0 Å². The number of aryl methyl sites for hydroxylation is 2. The zero-order valence-corrected chi connectivity index (χ0v) is 12.6. The molecule has 0 bridgehead atoms. The Hall–Kier alpha value is -1.49. The summed E-state index contributed by atoms with van der Waals surface area (Å²) in [5.41, 5.74) is 8.27. The van der Waals surface area contributed by atoms with Crippen molar-refractivity contribution in [2.75, 3.05) is 19.6 Å². The number of rotatable bonds is 3. The molecule has 1 saturated heterocycles. The van der Waals surface area contributed by atoms with Gasteiger partial charge in [-0.2, -0.15) is 10.2 Å². The van der Waals surface area contributed by atoms with Gasteiger partial charge in [-0.05, 0) is 44.2 Å². The summed E-state index contributed by atoms with van der Waals surface area (Å²) in [4.78, 5) is 14.6. The Morgan fingerprint density at radius 2 is 2.05 bits per heavy atom. The van der Waals surface area contributed by atoms with E-state index < -0.39 is 0 Å². The lowest BCUT2D eigenvalue weighted by Crippen LogP contribution is -2.45. The third-order valence-electron chi connectivity index (χ3n) is 4.31. The van der Waals surface area contributed by atoms with E-state index in [0.717, 1.165) is 43.7 Å². The first kappa shape index (κ1) is 14.9. The molecule has 5 nitrogen and oxygen atoms in total. The highest BCUT2D eigenvalue weighted by Gasteiger charge is 2.31. The van der Waals surface area contributed by atoms with Crippen LogP contribution in [0.4, 0.5) is 0 Å². The molecule has 0 atom stereocenters. The quantitative estimate of drug-likeness (QED) is 0.909. The molecule has 5 heteroatoms. The van der Waals surface area contributed by atoms with Gasteiger partial charge in [-0.1, -0.05) is 13.8 Å². The monoisotopic (exact) mass is 276 g/mol. The normalized spacial score (nSPS) is 18.1. The second-order valence-corrected chi connectivity index (χ2v) is 6.01. The van der Waals surface area contributed by atoms with Gasteiger partial charge in [0, 0.05) is 13.1 Å². The predicted octanol–water partition coefficient (Wildman–Crippen LogP) is 1.55. The summed E-state index contributed by atoms with van der Waals surface area (Å²) < 4.78 is 0. The maximum Gasteiger partial charge on any atom is 0.255 e. The molecule has 1 amide bonds. The van der Waals surface area contributed by atoms with Gasteiger partial charge in [0.25, 0.3) is 5.91 Å². The molecule has 1 aromatic heterocycles. The van der Waals surface area contributed by atoms with Crippen LogP contribution in [0.25, 0.3) is 0 Å². The van der Waals surface area contributed by atoms with Gasteiger partial charge in [0.2, 0.25) is 0 Å². The number of piperidine rings is 1. The highest BCUT2D eigenvalue weighted by atomic mass is 16.2. The topological polar surface area (TPSA) is 72.1 Å². The fraction of sp³-hybridized carbons (Fsp3) is 0.667. The molecular weight excluding hydrogens is 252 g/mol. The minimum atomic E-state index is 0.0823. The van der Waals surface area contributed by atoms with Crippen molar-refractivity contribution in [3.63, 3.8) is 0 Å². The van der Waals surface area contributed by atoms with Crippen molar-refractivity contribution in [2.45, 2.75) is 40.0 Å². The van der Waals surface area contributed by atoms with E-state index in [1.54, 1.807) is 0 Å². The van der Waals surface area contributed by atoms with Crippen molar-refractivity contribution in [3.8, 4) is 0 Å². The first-order valence-corrected chi connectivity index (χ1v) is 7.31. The van der Waals surface area contributed by atoms with Crippen LogP contribution in [0, 0.1) is 12.3 Å². The minimum absolute atomic E-state index is 0.0823. The van der Waals surface area contributed by atoms with E-state index in [4.69, 9.17) is 5.73 Å². The predicted molar refractivity (Wildman–Crippen MR) is 78.4 cm³/mol. The molecule has 1 aliphatic rings. The van der Waals surface area contributed by atoms with Crippen LogP contribution in [0.15, 0.2) is 6.07 Å². The number of hydrogen-bond donors (Lipinski definition) is 1. The third kappa shape index (κ3) is 2.98. The minimum Gasteiger partial charge on any atom is -0.339 e. The summed E-state index contributed by atoms with van der Waals surface area (Å²) in [7, 11) is 0. The average Bonchev–Trinajstić information content (AvgIpc) is 2.47. The molecule has 110 valence electrons. The Morgan fingerprint density at radius 3 is 2.60 bits per heavy atom. The van der Waals surface area contributed by atoms with E-state index in [1.807, 2.05) is 24.8 Å². The summed E-state index contributed by atoms with van der Waals surface area (Å²) in [6, 6.07) is 1.85. The molecule has 2 heterocycles.